The Bertz CT molecular complexity index is 3190. The third kappa shape index (κ3) is 5.20. The fourth-order valence-electron chi connectivity index (χ4n) is 8.40. The second-order valence-corrected chi connectivity index (χ2v) is 14.2. The van der Waals surface area contributed by atoms with Crippen LogP contribution in [-0.4, -0.2) is 4.57 Å². The molecule has 55 heavy (non-hydrogen) atoms. The quantitative estimate of drug-likeness (QED) is 0.172. The Labute approximate surface area is 318 Å². The molecule has 3 nitrogen and oxygen atoms in total. The van der Waals surface area contributed by atoms with Crippen LogP contribution in [0.3, 0.4) is 0 Å². The van der Waals surface area contributed by atoms with E-state index in [9.17, 15) is 0 Å². The molecule has 0 aliphatic carbocycles. The van der Waals surface area contributed by atoms with Crippen molar-refractivity contribution < 1.29 is 4.42 Å². The van der Waals surface area contributed by atoms with Gasteiger partial charge in [-0.05, 0) is 100 Å². The van der Waals surface area contributed by atoms with Crippen LogP contribution in [0.5, 0.6) is 0 Å². The highest BCUT2D eigenvalue weighted by Crippen LogP contribution is 2.44. The van der Waals surface area contributed by atoms with Crippen molar-refractivity contribution in [2.45, 2.75) is 0 Å². The van der Waals surface area contributed by atoms with Crippen LogP contribution in [-0.2, 0) is 0 Å². The molecule has 0 unspecified atom stereocenters. The Morgan fingerprint density at radius 3 is 1.82 bits per heavy atom. The number of fused-ring (bicyclic) bond motifs is 7. The zero-order valence-electron chi connectivity index (χ0n) is 29.9. The van der Waals surface area contributed by atoms with Gasteiger partial charge in [0.1, 0.15) is 11.2 Å². The van der Waals surface area contributed by atoms with Gasteiger partial charge in [-0.1, -0.05) is 133 Å². The molecule has 0 aliphatic rings. The molecule has 0 atom stereocenters. The highest BCUT2D eigenvalue weighted by atomic mass is 16.3. The number of aromatic nitrogens is 1. The molecule has 2 heterocycles. The average Bonchev–Trinajstić information content (AvgIpc) is 3.80. The first-order chi connectivity index (χ1) is 27.3. The summed E-state index contributed by atoms with van der Waals surface area (Å²) in [5.74, 6) is 0. The van der Waals surface area contributed by atoms with E-state index in [1.165, 1.54) is 38.1 Å². The number of anilines is 3. The fraction of sp³-hybridized carbons (Fsp3) is 0. The summed E-state index contributed by atoms with van der Waals surface area (Å²) in [6, 6.07) is 74.2. The summed E-state index contributed by atoms with van der Waals surface area (Å²) in [6.45, 7) is 0. The third-order valence-electron chi connectivity index (χ3n) is 10.9. The van der Waals surface area contributed by atoms with Crippen molar-refractivity contribution in [3.05, 3.63) is 206 Å². The van der Waals surface area contributed by atoms with E-state index in [1.54, 1.807) is 0 Å². The van der Waals surface area contributed by atoms with Crippen molar-refractivity contribution in [3.8, 4) is 27.9 Å². The molecule has 0 fully saturated rings. The Hall–Kier alpha value is -7.36. The minimum atomic E-state index is 0.890. The minimum absolute atomic E-state index is 0.890. The van der Waals surface area contributed by atoms with Gasteiger partial charge in [0.05, 0.1) is 16.7 Å². The lowest BCUT2D eigenvalue weighted by Crippen LogP contribution is -2.12. The van der Waals surface area contributed by atoms with Crippen molar-refractivity contribution >= 4 is 71.6 Å². The van der Waals surface area contributed by atoms with E-state index in [-0.39, 0.29) is 0 Å². The monoisotopic (exact) mass is 702 g/mol. The normalized spacial score (nSPS) is 11.6. The van der Waals surface area contributed by atoms with Crippen LogP contribution < -0.4 is 4.90 Å². The number of nitrogens with zero attached hydrogens (tertiary/aromatic N) is 2. The van der Waals surface area contributed by atoms with Crippen molar-refractivity contribution in [2.75, 3.05) is 4.90 Å². The molecule has 9 aromatic carbocycles. The number of hydrogen-bond donors (Lipinski definition) is 0. The van der Waals surface area contributed by atoms with E-state index < -0.39 is 0 Å². The van der Waals surface area contributed by atoms with Crippen LogP contribution in [0.1, 0.15) is 0 Å². The molecule has 11 aromatic rings. The van der Waals surface area contributed by atoms with E-state index >= 15 is 0 Å². The summed E-state index contributed by atoms with van der Waals surface area (Å²) in [7, 11) is 0. The Balaban J connectivity index is 1.13. The fourth-order valence-corrected chi connectivity index (χ4v) is 8.40. The molecule has 0 saturated carbocycles. The summed E-state index contributed by atoms with van der Waals surface area (Å²) >= 11 is 0. The highest BCUT2D eigenvalue weighted by Gasteiger charge is 2.20. The lowest BCUT2D eigenvalue weighted by atomic mass is 9.98. The van der Waals surface area contributed by atoms with Gasteiger partial charge < -0.3 is 13.9 Å². The minimum Gasteiger partial charge on any atom is -0.456 e. The van der Waals surface area contributed by atoms with Gasteiger partial charge in [0.15, 0.2) is 0 Å². The van der Waals surface area contributed by atoms with Crippen LogP contribution in [0.25, 0.3) is 82.5 Å². The van der Waals surface area contributed by atoms with Gasteiger partial charge in [-0.3, -0.25) is 0 Å². The molecule has 2 aromatic heterocycles. The van der Waals surface area contributed by atoms with Crippen LogP contribution in [0.15, 0.2) is 211 Å². The maximum Gasteiger partial charge on any atom is 0.135 e. The third-order valence-corrected chi connectivity index (χ3v) is 10.9. The molecule has 0 N–H and O–H groups in total. The van der Waals surface area contributed by atoms with Gasteiger partial charge in [0.2, 0.25) is 0 Å². The summed E-state index contributed by atoms with van der Waals surface area (Å²) in [5, 5.41) is 7.19. The lowest BCUT2D eigenvalue weighted by molar-refractivity contribution is 0.669. The van der Waals surface area contributed by atoms with Crippen LogP contribution >= 0.6 is 0 Å². The van der Waals surface area contributed by atoms with Gasteiger partial charge in [0.25, 0.3) is 0 Å². The van der Waals surface area contributed by atoms with Crippen LogP contribution in [0.4, 0.5) is 17.1 Å². The van der Waals surface area contributed by atoms with Crippen LogP contribution in [0, 0.1) is 0 Å². The van der Waals surface area contributed by atoms with E-state index in [4.69, 9.17) is 4.42 Å². The van der Waals surface area contributed by atoms with Crippen molar-refractivity contribution in [3.63, 3.8) is 0 Å². The molecule has 0 aliphatic heterocycles. The Morgan fingerprint density at radius 1 is 0.364 bits per heavy atom. The second kappa shape index (κ2) is 12.6. The van der Waals surface area contributed by atoms with Gasteiger partial charge in [-0.2, -0.15) is 0 Å². The maximum absolute atomic E-state index is 6.24. The molecule has 3 heteroatoms. The molecule has 11 rings (SSSR count). The first kappa shape index (κ1) is 31.2. The Kier molecular flexibility index (Phi) is 7.17. The van der Waals surface area contributed by atoms with E-state index in [1.807, 2.05) is 12.1 Å². The van der Waals surface area contributed by atoms with E-state index in [2.05, 4.69) is 204 Å². The zero-order chi connectivity index (χ0) is 36.3. The zero-order valence-corrected chi connectivity index (χ0v) is 29.9. The topological polar surface area (TPSA) is 21.3 Å². The number of rotatable bonds is 6. The lowest BCUT2D eigenvalue weighted by Gasteiger charge is -2.29. The first-order valence-corrected chi connectivity index (χ1v) is 18.8. The molecular formula is C52H34N2O. The molecular weight excluding hydrogens is 669 g/mol. The van der Waals surface area contributed by atoms with Crippen molar-refractivity contribution in [2.24, 2.45) is 0 Å². The number of para-hydroxylation sites is 4. The molecule has 258 valence electrons. The number of furan rings is 1. The molecule has 0 amide bonds. The molecule has 0 saturated heterocycles. The summed E-state index contributed by atoms with van der Waals surface area (Å²) in [5.41, 5.74) is 13.1. The van der Waals surface area contributed by atoms with E-state index in [0.717, 1.165) is 61.4 Å². The smallest absolute Gasteiger partial charge is 0.135 e. The van der Waals surface area contributed by atoms with Gasteiger partial charge in [0, 0.05) is 44.2 Å². The van der Waals surface area contributed by atoms with Crippen molar-refractivity contribution in [1.29, 1.82) is 0 Å². The summed E-state index contributed by atoms with van der Waals surface area (Å²) < 4.78 is 8.63. The maximum atomic E-state index is 6.24. The number of hydrogen-bond acceptors (Lipinski definition) is 2. The Morgan fingerprint density at radius 2 is 0.982 bits per heavy atom. The van der Waals surface area contributed by atoms with E-state index in [0.29, 0.717) is 0 Å². The largest absolute Gasteiger partial charge is 0.456 e. The molecule has 0 bridgehead atoms. The predicted octanol–water partition coefficient (Wildman–Crippen LogP) is 14.6. The number of benzene rings is 9. The second-order valence-electron chi connectivity index (χ2n) is 14.2. The van der Waals surface area contributed by atoms with Gasteiger partial charge in [-0.25, -0.2) is 0 Å². The highest BCUT2D eigenvalue weighted by molar-refractivity contribution is 6.10. The van der Waals surface area contributed by atoms with Crippen LogP contribution in [0.2, 0.25) is 0 Å². The van der Waals surface area contributed by atoms with Gasteiger partial charge >= 0.3 is 0 Å². The molecule has 0 radical (unpaired) electrons. The average molecular weight is 703 g/mol. The van der Waals surface area contributed by atoms with Crippen molar-refractivity contribution in [1.82, 2.24) is 4.57 Å². The first-order valence-electron chi connectivity index (χ1n) is 18.8. The summed E-state index contributed by atoms with van der Waals surface area (Å²) in [6.07, 6.45) is 0. The predicted molar refractivity (Wildman–Crippen MR) is 231 cm³/mol. The SMILES string of the molecule is c1cc(-c2ccc3ccccc3c2)cc(N(c2cccc(-n3c4ccccc4c4ccccc43)c2)c2ccccc2-c2ccc3oc4ccccc4c3c2)c1. The summed E-state index contributed by atoms with van der Waals surface area (Å²) in [4.78, 5) is 2.41. The van der Waals surface area contributed by atoms with Gasteiger partial charge in [-0.15, -0.1) is 0 Å². The standard InChI is InChI=1S/C52H34N2O/c1-2-14-36-31-38(28-27-35(36)13-1)37-15-11-16-40(32-37)53(41-17-12-18-42(34-41)54-49-24-8-4-20-44(49)45-21-5-9-25-50(45)54)48-23-7-3-19-43(48)39-29-30-52-47(33-39)46-22-6-10-26-51(46)55-52/h1-34H. The molecule has 0 spiro atoms.